The number of urea groups is 1. The summed E-state index contributed by atoms with van der Waals surface area (Å²) in [7, 11) is 0. The molecule has 7 nitrogen and oxygen atoms in total. The summed E-state index contributed by atoms with van der Waals surface area (Å²) in [6.07, 6.45) is 0.393. The van der Waals surface area contributed by atoms with Crippen molar-refractivity contribution in [3.8, 4) is 11.1 Å². The van der Waals surface area contributed by atoms with E-state index >= 15 is 0 Å². The highest BCUT2D eigenvalue weighted by atomic mass is 32.1. The number of thiophene rings is 1. The highest BCUT2D eigenvalue weighted by molar-refractivity contribution is 7.08. The average molecular weight is 509 g/mol. The standard InChI is InChI=1S/C28H32N2O5S/c1-19(2)16-30(17-24(26(31)32)14-20-6-4-3-5-7-20)28(35)29-25(27(33)34)15-21-8-10-22(11-9-21)23-12-13-36-18-23/h3-13,18-19,24-25H,14-17H2,1-2H3,(H,29,35)(H,31,32)(H,33,34)/t24?,25-/m0/s1. The second-order valence-corrected chi connectivity index (χ2v) is 10.1. The molecule has 0 saturated heterocycles. The number of nitrogens with zero attached hydrogens (tertiary/aromatic N) is 1. The maximum absolute atomic E-state index is 13.2. The lowest BCUT2D eigenvalue weighted by Crippen LogP contribution is -2.51. The van der Waals surface area contributed by atoms with Crippen molar-refractivity contribution in [2.75, 3.05) is 13.1 Å². The van der Waals surface area contributed by atoms with E-state index in [0.29, 0.717) is 6.54 Å². The molecule has 2 aromatic carbocycles. The van der Waals surface area contributed by atoms with Crippen molar-refractivity contribution >= 4 is 29.3 Å². The lowest BCUT2D eigenvalue weighted by atomic mass is 9.98. The number of carboxylic acid groups (broad SMARTS) is 2. The molecule has 190 valence electrons. The Labute approximate surface area is 215 Å². The van der Waals surface area contributed by atoms with Crippen molar-refractivity contribution in [2.45, 2.75) is 32.7 Å². The first kappa shape index (κ1) is 26.9. The lowest BCUT2D eigenvalue weighted by Gasteiger charge is -2.29. The maximum atomic E-state index is 13.2. The number of amides is 2. The maximum Gasteiger partial charge on any atom is 0.326 e. The van der Waals surface area contributed by atoms with E-state index in [-0.39, 0.29) is 25.3 Å². The summed E-state index contributed by atoms with van der Waals surface area (Å²) in [6.45, 7) is 4.15. The fourth-order valence-corrected chi connectivity index (χ4v) is 4.68. The van der Waals surface area contributed by atoms with Gasteiger partial charge in [0.05, 0.1) is 5.92 Å². The van der Waals surface area contributed by atoms with Gasteiger partial charge in [-0.05, 0) is 51.4 Å². The Balaban J connectivity index is 1.70. The van der Waals surface area contributed by atoms with Gasteiger partial charge in [-0.3, -0.25) is 4.79 Å². The summed E-state index contributed by atoms with van der Waals surface area (Å²) in [6, 6.07) is 17.2. The Bertz CT molecular complexity index is 1130. The summed E-state index contributed by atoms with van der Waals surface area (Å²) in [4.78, 5) is 38.5. The van der Waals surface area contributed by atoms with Crippen LogP contribution in [0.5, 0.6) is 0 Å². The van der Waals surface area contributed by atoms with E-state index in [2.05, 4.69) is 5.32 Å². The highest BCUT2D eigenvalue weighted by Gasteiger charge is 2.28. The van der Waals surface area contributed by atoms with Crippen molar-refractivity contribution in [1.82, 2.24) is 10.2 Å². The summed E-state index contributed by atoms with van der Waals surface area (Å²) < 4.78 is 0. The Morgan fingerprint density at radius 1 is 0.833 bits per heavy atom. The van der Waals surface area contributed by atoms with Gasteiger partial charge in [0.2, 0.25) is 0 Å². The molecule has 1 aromatic heterocycles. The molecule has 1 heterocycles. The zero-order valence-electron chi connectivity index (χ0n) is 20.5. The highest BCUT2D eigenvalue weighted by Crippen LogP contribution is 2.22. The van der Waals surface area contributed by atoms with Crippen LogP contribution in [-0.2, 0) is 22.4 Å². The molecule has 2 amide bonds. The fraction of sp³-hybridized carbons (Fsp3) is 0.321. The lowest BCUT2D eigenvalue weighted by molar-refractivity contribution is -0.142. The minimum Gasteiger partial charge on any atom is -0.481 e. The van der Waals surface area contributed by atoms with Gasteiger partial charge >= 0.3 is 18.0 Å². The topological polar surface area (TPSA) is 107 Å². The molecule has 8 heteroatoms. The summed E-state index contributed by atoms with van der Waals surface area (Å²) >= 11 is 1.61. The van der Waals surface area contributed by atoms with Crippen LogP contribution in [0.3, 0.4) is 0 Å². The summed E-state index contributed by atoms with van der Waals surface area (Å²) in [5.74, 6) is -2.88. The molecule has 0 spiro atoms. The van der Waals surface area contributed by atoms with Crippen molar-refractivity contribution in [3.05, 3.63) is 82.6 Å². The third kappa shape index (κ3) is 7.95. The zero-order chi connectivity index (χ0) is 26.1. The van der Waals surface area contributed by atoms with Gasteiger partial charge in [0, 0.05) is 19.5 Å². The SMILES string of the molecule is CC(C)CN(CC(Cc1ccccc1)C(=O)O)C(=O)N[C@@H](Cc1ccc(-c2ccsc2)cc1)C(=O)O. The van der Waals surface area contributed by atoms with Gasteiger partial charge in [0.15, 0.2) is 0 Å². The number of carboxylic acids is 2. The van der Waals surface area contributed by atoms with Crippen molar-refractivity contribution in [2.24, 2.45) is 11.8 Å². The molecule has 2 atom stereocenters. The number of hydrogen-bond donors (Lipinski definition) is 3. The molecule has 0 aliphatic rings. The van der Waals surface area contributed by atoms with Gasteiger partial charge in [0.25, 0.3) is 0 Å². The van der Waals surface area contributed by atoms with E-state index in [0.717, 1.165) is 22.3 Å². The molecule has 3 rings (SSSR count). The summed E-state index contributed by atoms with van der Waals surface area (Å²) in [5.41, 5.74) is 3.79. The van der Waals surface area contributed by atoms with Crippen molar-refractivity contribution < 1.29 is 24.6 Å². The minimum atomic E-state index is -1.14. The van der Waals surface area contributed by atoms with Gasteiger partial charge < -0.3 is 20.4 Å². The van der Waals surface area contributed by atoms with Crippen LogP contribution in [0.25, 0.3) is 11.1 Å². The van der Waals surface area contributed by atoms with Crippen LogP contribution in [0.2, 0.25) is 0 Å². The molecule has 0 bridgehead atoms. The number of nitrogens with one attached hydrogen (secondary N) is 1. The normalized spacial score (nSPS) is 12.6. The van der Waals surface area contributed by atoms with Crippen LogP contribution in [0, 0.1) is 11.8 Å². The van der Waals surface area contributed by atoms with E-state index in [9.17, 15) is 24.6 Å². The number of carbonyl (C=O) groups is 3. The predicted molar refractivity (Wildman–Crippen MR) is 141 cm³/mol. The Morgan fingerprint density at radius 3 is 2.06 bits per heavy atom. The molecule has 0 radical (unpaired) electrons. The van der Waals surface area contributed by atoms with Gasteiger partial charge in [-0.2, -0.15) is 11.3 Å². The molecule has 36 heavy (non-hydrogen) atoms. The van der Waals surface area contributed by atoms with Crippen LogP contribution in [0.1, 0.15) is 25.0 Å². The molecule has 0 aliphatic carbocycles. The number of benzene rings is 2. The average Bonchev–Trinajstić information content (AvgIpc) is 3.38. The number of aliphatic carboxylic acids is 2. The predicted octanol–water partition coefficient (Wildman–Crippen LogP) is 5.02. The molecular weight excluding hydrogens is 476 g/mol. The first-order valence-electron chi connectivity index (χ1n) is 11.9. The largest absolute Gasteiger partial charge is 0.481 e. The second kappa shape index (κ2) is 12.9. The Kier molecular flexibility index (Phi) is 9.64. The smallest absolute Gasteiger partial charge is 0.326 e. The van der Waals surface area contributed by atoms with Crippen LogP contribution in [-0.4, -0.2) is 52.2 Å². The number of hydrogen-bond acceptors (Lipinski definition) is 4. The summed E-state index contributed by atoms with van der Waals surface area (Å²) in [5, 5.41) is 26.3. The third-order valence-corrected chi connectivity index (χ3v) is 6.51. The van der Waals surface area contributed by atoms with E-state index in [1.807, 2.05) is 85.3 Å². The molecular formula is C28H32N2O5S. The Morgan fingerprint density at radius 2 is 1.50 bits per heavy atom. The van der Waals surface area contributed by atoms with Crippen LogP contribution < -0.4 is 5.32 Å². The molecule has 3 N–H and O–H groups in total. The second-order valence-electron chi connectivity index (χ2n) is 9.28. The van der Waals surface area contributed by atoms with Gasteiger partial charge in [-0.1, -0.05) is 68.4 Å². The molecule has 1 unspecified atom stereocenters. The van der Waals surface area contributed by atoms with Gasteiger partial charge in [-0.15, -0.1) is 0 Å². The zero-order valence-corrected chi connectivity index (χ0v) is 21.3. The molecule has 0 aliphatic heterocycles. The van der Waals surface area contributed by atoms with E-state index in [1.165, 1.54) is 4.90 Å². The fourth-order valence-electron chi connectivity index (χ4n) is 4.01. The number of carbonyl (C=O) groups excluding carboxylic acids is 1. The first-order chi connectivity index (χ1) is 17.2. The van der Waals surface area contributed by atoms with Gasteiger partial charge in [-0.25, -0.2) is 9.59 Å². The number of rotatable bonds is 12. The molecule has 3 aromatic rings. The minimum absolute atomic E-state index is 0.0179. The molecule has 0 fully saturated rings. The van der Waals surface area contributed by atoms with Crippen LogP contribution in [0.4, 0.5) is 4.79 Å². The van der Waals surface area contributed by atoms with E-state index in [4.69, 9.17) is 0 Å². The van der Waals surface area contributed by atoms with Gasteiger partial charge in [0.1, 0.15) is 6.04 Å². The Hall–Kier alpha value is -3.65. The molecule has 0 saturated carbocycles. The van der Waals surface area contributed by atoms with Crippen molar-refractivity contribution in [3.63, 3.8) is 0 Å². The third-order valence-electron chi connectivity index (χ3n) is 5.83. The van der Waals surface area contributed by atoms with E-state index < -0.39 is 29.9 Å². The quantitative estimate of drug-likeness (QED) is 0.318. The monoisotopic (exact) mass is 508 g/mol. The van der Waals surface area contributed by atoms with E-state index in [1.54, 1.807) is 11.3 Å². The first-order valence-corrected chi connectivity index (χ1v) is 12.8. The van der Waals surface area contributed by atoms with Crippen LogP contribution in [0.15, 0.2) is 71.4 Å². The van der Waals surface area contributed by atoms with Crippen LogP contribution >= 0.6 is 11.3 Å². The van der Waals surface area contributed by atoms with Crippen molar-refractivity contribution in [1.29, 1.82) is 0 Å².